The van der Waals surface area contributed by atoms with Crippen molar-refractivity contribution < 1.29 is 5.11 Å². The molecule has 1 rings (SSSR count). The Labute approximate surface area is 56.4 Å². The molecule has 1 aliphatic rings. The zero-order chi connectivity index (χ0) is 6.69. The first-order valence-corrected chi connectivity index (χ1v) is 3.71. The van der Waals surface area contributed by atoms with Crippen LogP contribution in [0.25, 0.3) is 0 Å². The lowest BCUT2D eigenvalue weighted by molar-refractivity contribution is 0.188. The zero-order valence-corrected chi connectivity index (χ0v) is 5.93. The molecule has 1 nitrogen and oxygen atoms in total. The number of hydrogen-bond donors (Lipinski definition) is 1. The summed E-state index contributed by atoms with van der Waals surface area (Å²) in [4.78, 5) is 0. The normalized spacial score (nSPS) is 27.8. The Morgan fingerprint density at radius 2 is 2.56 bits per heavy atom. The van der Waals surface area contributed by atoms with Crippen LogP contribution in [0.5, 0.6) is 0 Å². The third-order valence-electron chi connectivity index (χ3n) is 1.92. The number of aliphatic hydroxyl groups excluding tert-OH is 1. The van der Waals surface area contributed by atoms with Gasteiger partial charge in [-0.25, -0.2) is 0 Å². The van der Waals surface area contributed by atoms with Gasteiger partial charge < -0.3 is 5.11 Å². The lowest BCUT2D eigenvalue weighted by atomic mass is 9.95. The Hall–Kier alpha value is -0.300. The van der Waals surface area contributed by atoms with Crippen molar-refractivity contribution in [1.82, 2.24) is 0 Å². The SMILES string of the molecule is CCC1=CCCCC1O. The van der Waals surface area contributed by atoms with Gasteiger partial charge in [0.05, 0.1) is 6.10 Å². The molecule has 0 amide bonds. The molecule has 0 fully saturated rings. The van der Waals surface area contributed by atoms with E-state index in [2.05, 4.69) is 13.0 Å². The highest BCUT2D eigenvalue weighted by atomic mass is 16.3. The molecule has 0 aromatic heterocycles. The Bertz CT molecular complexity index is 116. The van der Waals surface area contributed by atoms with Gasteiger partial charge in [0.15, 0.2) is 0 Å². The highest BCUT2D eigenvalue weighted by molar-refractivity contribution is 5.09. The van der Waals surface area contributed by atoms with Crippen LogP contribution in [0.1, 0.15) is 32.6 Å². The topological polar surface area (TPSA) is 20.2 Å². The van der Waals surface area contributed by atoms with Gasteiger partial charge in [-0.2, -0.15) is 0 Å². The maximum Gasteiger partial charge on any atom is 0.0750 e. The van der Waals surface area contributed by atoms with Crippen LogP contribution in [0, 0.1) is 0 Å². The summed E-state index contributed by atoms with van der Waals surface area (Å²) in [6, 6.07) is 0. The second kappa shape index (κ2) is 3.02. The van der Waals surface area contributed by atoms with E-state index in [1.165, 1.54) is 12.0 Å². The fraction of sp³-hybridized carbons (Fsp3) is 0.750. The Morgan fingerprint density at radius 3 is 3.00 bits per heavy atom. The highest BCUT2D eigenvalue weighted by Gasteiger charge is 2.11. The Kier molecular flexibility index (Phi) is 2.29. The van der Waals surface area contributed by atoms with Crippen molar-refractivity contribution in [1.29, 1.82) is 0 Å². The van der Waals surface area contributed by atoms with Gasteiger partial charge in [0.25, 0.3) is 0 Å². The van der Waals surface area contributed by atoms with E-state index in [1.807, 2.05) is 0 Å². The lowest BCUT2D eigenvalue weighted by Crippen LogP contribution is -2.12. The van der Waals surface area contributed by atoms with E-state index in [1.54, 1.807) is 0 Å². The van der Waals surface area contributed by atoms with Crippen LogP contribution in [0.3, 0.4) is 0 Å². The first-order chi connectivity index (χ1) is 4.34. The largest absolute Gasteiger partial charge is 0.389 e. The van der Waals surface area contributed by atoms with Crippen molar-refractivity contribution in [2.45, 2.75) is 38.7 Å². The molecule has 0 saturated heterocycles. The fourth-order valence-corrected chi connectivity index (χ4v) is 1.30. The third-order valence-corrected chi connectivity index (χ3v) is 1.92. The quantitative estimate of drug-likeness (QED) is 0.532. The maximum absolute atomic E-state index is 9.30. The molecular weight excluding hydrogens is 112 g/mol. The maximum atomic E-state index is 9.30. The molecule has 1 atom stereocenters. The molecular formula is C8H14O. The minimum Gasteiger partial charge on any atom is -0.389 e. The summed E-state index contributed by atoms with van der Waals surface area (Å²) >= 11 is 0. The van der Waals surface area contributed by atoms with Crippen LogP contribution >= 0.6 is 0 Å². The Morgan fingerprint density at radius 1 is 1.78 bits per heavy atom. The smallest absolute Gasteiger partial charge is 0.0750 e. The minimum atomic E-state index is -0.122. The van der Waals surface area contributed by atoms with E-state index in [4.69, 9.17) is 0 Å². The molecule has 1 unspecified atom stereocenters. The van der Waals surface area contributed by atoms with E-state index < -0.39 is 0 Å². The van der Waals surface area contributed by atoms with Crippen molar-refractivity contribution in [3.8, 4) is 0 Å². The van der Waals surface area contributed by atoms with Crippen molar-refractivity contribution in [2.75, 3.05) is 0 Å². The average molecular weight is 126 g/mol. The number of aliphatic hydroxyl groups is 1. The number of allylic oxidation sites excluding steroid dienone is 1. The van der Waals surface area contributed by atoms with Gasteiger partial charge in [-0.15, -0.1) is 0 Å². The summed E-state index contributed by atoms with van der Waals surface area (Å²) in [5.41, 5.74) is 1.24. The highest BCUT2D eigenvalue weighted by Crippen LogP contribution is 2.19. The molecule has 0 aliphatic heterocycles. The molecule has 9 heavy (non-hydrogen) atoms. The fourth-order valence-electron chi connectivity index (χ4n) is 1.30. The van der Waals surface area contributed by atoms with Crippen LogP contribution < -0.4 is 0 Å². The second-order valence-electron chi connectivity index (χ2n) is 2.58. The lowest BCUT2D eigenvalue weighted by Gasteiger charge is -2.17. The van der Waals surface area contributed by atoms with E-state index in [0.29, 0.717) is 0 Å². The van der Waals surface area contributed by atoms with Crippen LogP contribution in [0.4, 0.5) is 0 Å². The van der Waals surface area contributed by atoms with Crippen molar-refractivity contribution in [2.24, 2.45) is 0 Å². The summed E-state index contributed by atoms with van der Waals surface area (Å²) in [7, 11) is 0. The molecule has 0 saturated carbocycles. The molecule has 1 heteroatoms. The second-order valence-corrected chi connectivity index (χ2v) is 2.58. The van der Waals surface area contributed by atoms with Crippen LogP contribution in [0.15, 0.2) is 11.6 Å². The van der Waals surface area contributed by atoms with E-state index in [9.17, 15) is 5.11 Å². The molecule has 1 aliphatic carbocycles. The minimum absolute atomic E-state index is 0.122. The van der Waals surface area contributed by atoms with E-state index >= 15 is 0 Å². The first kappa shape index (κ1) is 6.81. The molecule has 1 N–H and O–H groups in total. The Balaban J connectivity index is 2.53. The molecule has 0 heterocycles. The van der Waals surface area contributed by atoms with Crippen molar-refractivity contribution in [3.63, 3.8) is 0 Å². The van der Waals surface area contributed by atoms with Gasteiger partial charge in [-0.3, -0.25) is 0 Å². The number of hydrogen-bond acceptors (Lipinski definition) is 1. The van der Waals surface area contributed by atoms with Crippen LogP contribution in [-0.4, -0.2) is 11.2 Å². The van der Waals surface area contributed by atoms with Gasteiger partial charge in [-0.05, 0) is 31.3 Å². The van der Waals surface area contributed by atoms with Gasteiger partial charge in [0, 0.05) is 0 Å². The van der Waals surface area contributed by atoms with Gasteiger partial charge in [0.1, 0.15) is 0 Å². The molecule has 52 valence electrons. The summed E-state index contributed by atoms with van der Waals surface area (Å²) in [6.45, 7) is 2.10. The summed E-state index contributed by atoms with van der Waals surface area (Å²) in [5.74, 6) is 0. The van der Waals surface area contributed by atoms with Gasteiger partial charge in [0.2, 0.25) is 0 Å². The standard InChI is InChI=1S/C8H14O/c1-2-7-5-3-4-6-8(7)9/h5,8-9H,2-4,6H2,1H3. The zero-order valence-electron chi connectivity index (χ0n) is 5.93. The molecule has 0 radical (unpaired) electrons. The molecule has 0 spiro atoms. The van der Waals surface area contributed by atoms with E-state index in [-0.39, 0.29) is 6.10 Å². The van der Waals surface area contributed by atoms with Gasteiger partial charge in [-0.1, -0.05) is 13.0 Å². The summed E-state index contributed by atoms with van der Waals surface area (Å²) in [5, 5.41) is 9.30. The molecule has 0 bridgehead atoms. The average Bonchev–Trinajstić information content (AvgIpc) is 1.89. The summed E-state index contributed by atoms with van der Waals surface area (Å²) < 4.78 is 0. The molecule has 0 aromatic carbocycles. The third kappa shape index (κ3) is 1.55. The van der Waals surface area contributed by atoms with Crippen molar-refractivity contribution in [3.05, 3.63) is 11.6 Å². The van der Waals surface area contributed by atoms with E-state index in [0.717, 1.165) is 19.3 Å². The molecule has 0 aromatic rings. The predicted octanol–water partition coefficient (Wildman–Crippen LogP) is 1.87. The van der Waals surface area contributed by atoms with Gasteiger partial charge >= 0.3 is 0 Å². The first-order valence-electron chi connectivity index (χ1n) is 3.71. The monoisotopic (exact) mass is 126 g/mol. The number of rotatable bonds is 1. The summed E-state index contributed by atoms with van der Waals surface area (Å²) in [6.07, 6.45) is 6.36. The van der Waals surface area contributed by atoms with Crippen LogP contribution in [-0.2, 0) is 0 Å². The predicted molar refractivity (Wildman–Crippen MR) is 38.2 cm³/mol. The van der Waals surface area contributed by atoms with Crippen LogP contribution in [0.2, 0.25) is 0 Å². The van der Waals surface area contributed by atoms with Crippen molar-refractivity contribution >= 4 is 0 Å².